The molecule has 0 radical (unpaired) electrons. The Hall–Kier alpha value is -2.72. The maximum atomic E-state index is 13.0. The van der Waals surface area contributed by atoms with Crippen molar-refractivity contribution in [2.24, 2.45) is 0 Å². The van der Waals surface area contributed by atoms with Crippen molar-refractivity contribution >= 4 is 27.7 Å². The van der Waals surface area contributed by atoms with Gasteiger partial charge >= 0.3 is 5.97 Å². The zero-order valence-electron chi connectivity index (χ0n) is 14.2. The summed E-state index contributed by atoms with van der Waals surface area (Å²) < 4.78 is 6.26. The minimum absolute atomic E-state index is 0.253. The molecule has 4 heteroatoms. The van der Waals surface area contributed by atoms with E-state index >= 15 is 0 Å². The number of rotatable bonds is 5. The van der Waals surface area contributed by atoms with Crippen molar-refractivity contribution in [1.82, 2.24) is 0 Å². The highest BCUT2D eigenvalue weighted by atomic mass is 79.9. The number of ether oxygens (including phenoxy) is 1. The Labute approximate surface area is 160 Å². The predicted molar refractivity (Wildman–Crippen MR) is 104 cm³/mol. The van der Waals surface area contributed by atoms with Gasteiger partial charge in [-0.3, -0.25) is 4.79 Å². The summed E-state index contributed by atoms with van der Waals surface area (Å²) in [7, 11) is 0. The first kappa shape index (κ1) is 18.1. The Morgan fingerprint density at radius 1 is 0.846 bits per heavy atom. The Bertz CT molecular complexity index is 918. The minimum Gasteiger partial charge on any atom is -0.445 e. The third kappa shape index (κ3) is 4.09. The minimum atomic E-state index is -1.00. The van der Waals surface area contributed by atoms with Gasteiger partial charge in [-0.1, -0.05) is 72.3 Å². The summed E-state index contributed by atoms with van der Waals surface area (Å²) in [6.45, 7) is 1.95. The molecule has 0 aliphatic carbocycles. The number of esters is 1. The number of hydrogen-bond acceptors (Lipinski definition) is 3. The van der Waals surface area contributed by atoms with E-state index in [9.17, 15) is 9.59 Å². The summed E-state index contributed by atoms with van der Waals surface area (Å²) >= 11 is 3.35. The number of ketones is 1. The van der Waals surface area contributed by atoms with Gasteiger partial charge in [0.15, 0.2) is 6.10 Å². The van der Waals surface area contributed by atoms with E-state index < -0.39 is 12.1 Å². The second-order valence-corrected chi connectivity index (χ2v) is 6.76. The number of carbonyl (C=O) groups excluding carboxylic acids is 2. The second kappa shape index (κ2) is 8.11. The highest BCUT2D eigenvalue weighted by Crippen LogP contribution is 2.26. The Kier molecular flexibility index (Phi) is 5.64. The van der Waals surface area contributed by atoms with E-state index in [1.54, 1.807) is 42.5 Å². The molecular formula is C22H17BrO3. The molecule has 3 nitrogen and oxygen atoms in total. The van der Waals surface area contributed by atoms with Gasteiger partial charge < -0.3 is 4.74 Å². The number of hydrogen-bond donors (Lipinski definition) is 0. The van der Waals surface area contributed by atoms with Crippen LogP contribution in [0.2, 0.25) is 0 Å². The van der Waals surface area contributed by atoms with Crippen molar-refractivity contribution in [2.45, 2.75) is 13.0 Å². The molecule has 3 rings (SSSR count). The summed E-state index contributed by atoms with van der Waals surface area (Å²) in [5, 5.41) is 0. The van der Waals surface area contributed by atoms with Crippen LogP contribution in [-0.2, 0) is 4.74 Å². The first-order valence-corrected chi connectivity index (χ1v) is 8.97. The number of benzene rings is 3. The van der Waals surface area contributed by atoms with E-state index in [2.05, 4.69) is 15.9 Å². The lowest BCUT2D eigenvalue weighted by Crippen LogP contribution is -2.20. The van der Waals surface area contributed by atoms with Crippen LogP contribution in [0.3, 0.4) is 0 Å². The zero-order valence-corrected chi connectivity index (χ0v) is 15.8. The molecule has 3 aromatic carbocycles. The van der Waals surface area contributed by atoms with Crippen LogP contribution in [0.25, 0.3) is 0 Å². The van der Waals surface area contributed by atoms with Crippen LogP contribution in [-0.4, -0.2) is 11.8 Å². The molecule has 3 aromatic rings. The lowest BCUT2D eigenvalue weighted by molar-refractivity contribution is 0.0279. The van der Waals surface area contributed by atoms with Gasteiger partial charge in [0, 0.05) is 15.6 Å². The number of Topliss-reactive ketones (excluding diaryl/α,β-unsaturated/α-hetero) is 1. The molecular weight excluding hydrogens is 392 g/mol. The quantitative estimate of drug-likeness (QED) is 0.411. The molecule has 0 saturated heterocycles. The van der Waals surface area contributed by atoms with Gasteiger partial charge in [-0.05, 0) is 35.0 Å². The third-order valence-corrected chi connectivity index (χ3v) is 4.69. The number of halogens is 1. The zero-order chi connectivity index (χ0) is 18.5. The monoisotopic (exact) mass is 408 g/mol. The molecule has 0 unspecified atom stereocenters. The van der Waals surface area contributed by atoms with Gasteiger partial charge in [0.2, 0.25) is 5.78 Å². The molecule has 130 valence electrons. The third-order valence-electron chi connectivity index (χ3n) is 4.00. The summed E-state index contributed by atoms with van der Waals surface area (Å²) in [4.78, 5) is 25.7. The first-order chi connectivity index (χ1) is 12.6. The maximum Gasteiger partial charge on any atom is 0.340 e. The van der Waals surface area contributed by atoms with Crippen LogP contribution >= 0.6 is 15.9 Å². The molecule has 0 amide bonds. The molecule has 0 saturated carbocycles. The second-order valence-electron chi connectivity index (χ2n) is 5.91. The average molecular weight is 409 g/mol. The topological polar surface area (TPSA) is 43.4 Å². The lowest BCUT2D eigenvalue weighted by Gasteiger charge is -2.18. The number of carbonyl (C=O) groups is 2. The Morgan fingerprint density at radius 3 is 2.12 bits per heavy atom. The standard InChI is InChI=1S/C22H17BrO3/c1-15-11-13-16(14-12-15)20(24)21(17-7-3-2-4-8-17)26-22(25)18-9-5-6-10-19(18)23/h2-14,21H,1H3/t21-/m1/s1. The number of aryl methyl sites for hydroxylation is 1. The summed E-state index contributed by atoms with van der Waals surface area (Å²) in [6, 6.07) is 23.3. The highest BCUT2D eigenvalue weighted by Gasteiger charge is 2.27. The van der Waals surface area contributed by atoms with Crippen molar-refractivity contribution < 1.29 is 14.3 Å². The molecule has 0 aromatic heterocycles. The van der Waals surface area contributed by atoms with Gasteiger partial charge in [0.05, 0.1) is 5.56 Å². The predicted octanol–water partition coefficient (Wildman–Crippen LogP) is 5.54. The van der Waals surface area contributed by atoms with Crippen molar-refractivity contribution in [1.29, 1.82) is 0 Å². The van der Waals surface area contributed by atoms with Crippen LogP contribution < -0.4 is 0 Å². The molecule has 1 atom stereocenters. The van der Waals surface area contributed by atoms with Crippen molar-refractivity contribution in [2.75, 3.05) is 0 Å². The van der Waals surface area contributed by atoms with Crippen LogP contribution in [0.4, 0.5) is 0 Å². The average Bonchev–Trinajstić information content (AvgIpc) is 2.67. The van der Waals surface area contributed by atoms with E-state index in [0.717, 1.165) is 5.56 Å². The first-order valence-electron chi connectivity index (χ1n) is 8.17. The molecule has 26 heavy (non-hydrogen) atoms. The summed E-state index contributed by atoms with van der Waals surface area (Å²) in [5.41, 5.74) is 2.58. The molecule has 0 N–H and O–H groups in total. The van der Waals surface area contributed by atoms with Crippen LogP contribution in [0, 0.1) is 6.92 Å². The van der Waals surface area contributed by atoms with Gasteiger partial charge in [-0.25, -0.2) is 4.79 Å². The largest absolute Gasteiger partial charge is 0.445 e. The van der Waals surface area contributed by atoms with Gasteiger partial charge in [-0.15, -0.1) is 0 Å². The molecule has 0 spiro atoms. The van der Waals surface area contributed by atoms with Crippen LogP contribution in [0.5, 0.6) is 0 Å². The lowest BCUT2D eigenvalue weighted by atomic mass is 9.99. The highest BCUT2D eigenvalue weighted by molar-refractivity contribution is 9.10. The maximum absolute atomic E-state index is 13.0. The molecule has 0 fully saturated rings. The van der Waals surface area contributed by atoms with E-state index in [4.69, 9.17) is 4.74 Å². The smallest absolute Gasteiger partial charge is 0.340 e. The van der Waals surface area contributed by atoms with E-state index in [1.807, 2.05) is 43.3 Å². The molecule has 0 aliphatic rings. The fourth-order valence-electron chi connectivity index (χ4n) is 2.57. The van der Waals surface area contributed by atoms with Gasteiger partial charge in [0.25, 0.3) is 0 Å². The van der Waals surface area contributed by atoms with Gasteiger partial charge in [0.1, 0.15) is 0 Å². The SMILES string of the molecule is Cc1ccc(C(=O)[C@H](OC(=O)c2ccccc2Br)c2ccccc2)cc1. The van der Waals surface area contributed by atoms with Crippen molar-refractivity contribution in [3.8, 4) is 0 Å². The normalized spacial score (nSPS) is 11.6. The fourth-order valence-corrected chi connectivity index (χ4v) is 3.01. The molecule has 0 aliphatic heterocycles. The van der Waals surface area contributed by atoms with Gasteiger partial charge in [-0.2, -0.15) is 0 Å². The Morgan fingerprint density at radius 2 is 1.46 bits per heavy atom. The van der Waals surface area contributed by atoms with Crippen molar-refractivity contribution in [3.63, 3.8) is 0 Å². The van der Waals surface area contributed by atoms with E-state index in [0.29, 0.717) is 21.2 Å². The molecule has 0 bridgehead atoms. The van der Waals surface area contributed by atoms with Crippen molar-refractivity contribution in [3.05, 3.63) is 106 Å². The van der Waals surface area contributed by atoms with E-state index in [1.165, 1.54) is 0 Å². The fraction of sp³-hybridized carbons (Fsp3) is 0.0909. The van der Waals surface area contributed by atoms with E-state index in [-0.39, 0.29) is 5.78 Å². The van der Waals surface area contributed by atoms with Crippen LogP contribution in [0.15, 0.2) is 83.3 Å². The molecule has 0 heterocycles. The van der Waals surface area contributed by atoms with Crippen LogP contribution in [0.1, 0.15) is 37.9 Å². The summed E-state index contributed by atoms with van der Waals surface area (Å²) in [6.07, 6.45) is -1.00. The summed E-state index contributed by atoms with van der Waals surface area (Å²) in [5.74, 6) is -0.802. The Balaban J connectivity index is 1.94.